The van der Waals surface area contributed by atoms with Crippen LogP contribution in [-0.2, 0) is 22.4 Å². The summed E-state index contributed by atoms with van der Waals surface area (Å²) in [6.45, 7) is 7.58. The maximum Gasteiger partial charge on any atom is 0.325 e. The summed E-state index contributed by atoms with van der Waals surface area (Å²) in [6.07, 6.45) is 4.97. The predicted molar refractivity (Wildman–Crippen MR) is 147 cm³/mol. The van der Waals surface area contributed by atoms with E-state index in [1.165, 1.54) is 19.4 Å². The summed E-state index contributed by atoms with van der Waals surface area (Å²) in [7, 11) is 0. The smallest absolute Gasteiger partial charge is 0.325 e. The van der Waals surface area contributed by atoms with Gasteiger partial charge in [0.2, 0.25) is 0 Å². The van der Waals surface area contributed by atoms with Crippen LogP contribution in [0.3, 0.4) is 0 Å². The zero-order valence-electron chi connectivity index (χ0n) is 23.2. The highest BCUT2D eigenvalue weighted by Crippen LogP contribution is 2.43. The quantitative estimate of drug-likeness (QED) is 0.412. The number of alkyl halides is 1. The summed E-state index contributed by atoms with van der Waals surface area (Å²) in [5, 5.41) is 13.6. The maximum atomic E-state index is 14.7. The number of carboxylic acids is 1. The van der Waals surface area contributed by atoms with E-state index in [1.54, 1.807) is 0 Å². The van der Waals surface area contributed by atoms with E-state index >= 15 is 0 Å². The summed E-state index contributed by atoms with van der Waals surface area (Å²) in [5.41, 5.74) is 2.14. The van der Waals surface area contributed by atoms with Crippen LogP contribution >= 0.6 is 0 Å². The summed E-state index contributed by atoms with van der Waals surface area (Å²) in [4.78, 5) is 19.2. The van der Waals surface area contributed by atoms with Gasteiger partial charge in [0, 0.05) is 37.5 Å². The second-order valence-corrected chi connectivity index (χ2v) is 11.5. The number of carboxylic acid groups (broad SMARTS) is 1. The lowest BCUT2D eigenvalue weighted by Crippen LogP contribution is -2.44. The molecule has 2 aromatic rings. The molecule has 5 rings (SSSR count). The van der Waals surface area contributed by atoms with E-state index in [0.717, 1.165) is 62.1 Å². The van der Waals surface area contributed by atoms with Gasteiger partial charge in [-0.2, -0.15) is 0 Å². The number of unbranched alkanes of at least 4 members (excludes halogenated alkanes) is 1. The number of ether oxygens (including phenoxy) is 3. The molecule has 39 heavy (non-hydrogen) atoms. The zero-order chi connectivity index (χ0) is 27.6. The van der Waals surface area contributed by atoms with Gasteiger partial charge >= 0.3 is 5.97 Å². The Kier molecular flexibility index (Phi) is 8.28. The Labute approximate surface area is 229 Å². The topological polar surface area (TPSA) is 93.2 Å². The van der Waals surface area contributed by atoms with Crippen LogP contribution in [0.1, 0.15) is 68.0 Å². The Morgan fingerprint density at radius 2 is 2.18 bits per heavy atom. The maximum absolute atomic E-state index is 14.7. The van der Waals surface area contributed by atoms with Crippen molar-refractivity contribution in [1.29, 1.82) is 0 Å². The third-order valence-corrected chi connectivity index (χ3v) is 7.85. The number of rotatable bonds is 10. The fourth-order valence-electron chi connectivity index (χ4n) is 5.66. The number of fused-ring (bicyclic) bond motifs is 2. The molecule has 3 atom stereocenters. The van der Waals surface area contributed by atoms with Crippen molar-refractivity contribution in [3.8, 4) is 11.5 Å². The Bertz CT molecular complexity index is 1180. The van der Waals surface area contributed by atoms with E-state index in [-0.39, 0.29) is 12.7 Å². The number of aromatic nitrogens is 1. The molecule has 1 fully saturated rings. The molecule has 3 aliphatic heterocycles. The molecule has 2 N–H and O–H groups in total. The van der Waals surface area contributed by atoms with Crippen LogP contribution in [0.5, 0.6) is 11.5 Å². The lowest BCUT2D eigenvalue weighted by Gasteiger charge is -2.35. The third kappa shape index (κ3) is 6.47. The van der Waals surface area contributed by atoms with Gasteiger partial charge in [-0.3, -0.25) is 9.69 Å². The number of aryl methyl sites for hydroxylation is 3. The fourth-order valence-corrected chi connectivity index (χ4v) is 5.66. The monoisotopic (exact) mass is 541 g/mol. The number of halogens is 1. The summed E-state index contributed by atoms with van der Waals surface area (Å²) in [6, 6.07) is 7.01. The van der Waals surface area contributed by atoms with Gasteiger partial charge in [-0.25, -0.2) is 9.37 Å². The van der Waals surface area contributed by atoms with E-state index in [9.17, 15) is 14.3 Å². The van der Waals surface area contributed by atoms with E-state index in [4.69, 9.17) is 19.2 Å². The van der Waals surface area contributed by atoms with Gasteiger partial charge in [-0.05, 0) is 88.6 Å². The number of likely N-dealkylation sites (tertiary alicyclic amines) is 1. The van der Waals surface area contributed by atoms with E-state index < -0.39 is 23.8 Å². The van der Waals surface area contributed by atoms with Gasteiger partial charge in [0.25, 0.3) is 0 Å². The van der Waals surface area contributed by atoms with Crippen molar-refractivity contribution in [2.75, 3.05) is 38.2 Å². The Morgan fingerprint density at radius 3 is 2.97 bits per heavy atom. The molecule has 0 saturated carbocycles. The van der Waals surface area contributed by atoms with Crippen molar-refractivity contribution in [3.63, 3.8) is 0 Å². The Hall–Kier alpha value is -2.91. The van der Waals surface area contributed by atoms with Gasteiger partial charge in [0.15, 0.2) is 17.6 Å². The SMILES string of the molecule is Cc1cc2c(c(C(C(=O)O)N3CC[C@@H](OCCCCc4ccc5c(n4)NCCC5)C3)c1)O[C@@H](C(C)(C)F)CO2. The number of hydrogen-bond acceptors (Lipinski definition) is 7. The minimum atomic E-state index is -1.63. The number of nitrogens with one attached hydrogen (secondary N) is 1. The standard InChI is InChI=1S/C30H40FN3O5/c1-19-15-23(27-24(16-19)38-18-25(39-27)30(2,3)31)26(29(35)36)34-13-11-22(17-34)37-14-5-4-8-21-10-9-20-7-6-12-32-28(20)33-21/h9-10,15-16,22,25-26H,4-8,11-14,17-18H2,1-3H3,(H,32,33)(H,35,36)/t22-,25-,26?/m1/s1. The highest BCUT2D eigenvalue weighted by molar-refractivity contribution is 5.78. The number of benzene rings is 1. The molecular formula is C30H40FN3O5. The van der Waals surface area contributed by atoms with Gasteiger partial charge in [0.1, 0.15) is 24.1 Å². The van der Waals surface area contributed by atoms with Crippen molar-refractivity contribution in [2.45, 2.75) is 83.2 Å². The number of anilines is 1. The molecule has 0 spiro atoms. The van der Waals surface area contributed by atoms with E-state index in [0.29, 0.717) is 36.8 Å². The fraction of sp³-hybridized carbons (Fsp3) is 0.600. The molecule has 0 radical (unpaired) electrons. The van der Waals surface area contributed by atoms with Crippen molar-refractivity contribution in [2.24, 2.45) is 0 Å². The van der Waals surface area contributed by atoms with Crippen molar-refractivity contribution < 1.29 is 28.5 Å². The Balaban J connectivity index is 1.16. The van der Waals surface area contributed by atoms with Gasteiger partial charge < -0.3 is 24.6 Å². The predicted octanol–water partition coefficient (Wildman–Crippen LogP) is 4.88. The second-order valence-electron chi connectivity index (χ2n) is 11.5. The van der Waals surface area contributed by atoms with Crippen LogP contribution < -0.4 is 14.8 Å². The first-order chi connectivity index (χ1) is 18.7. The summed E-state index contributed by atoms with van der Waals surface area (Å²) < 4.78 is 32.7. The van der Waals surface area contributed by atoms with Crippen LogP contribution in [-0.4, -0.2) is 71.7 Å². The number of carbonyl (C=O) groups is 1. The molecular weight excluding hydrogens is 501 g/mol. The van der Waals surface area contributed by atoms with Gasteiger partial charge in [0.05, 0.1) is 6.10 Å². The first-order valence-corrected chi connectivity index (χ1v) is 14.1. The van der Waals surface area contributed by atoms with Crippen LogP contribution in [0, 0.1) is 6.92 Å². The van der Waals surface area contributed by atoms with Gasteiger partial charge in [-0.15, -0.1) is 0 Å². The average Bonchev–Trinajstić information content (AvgIpc) is 3.35. The summed E-state index contributed by atoms with van der Waals surface area (Å²) in [5.74, 6) is 0.851. The normalized spacial score (nSPS) is 21.7. The molecule has 1 aromatic carbocycles. The van der Waals surface area contributed by atoms with Crippen LogP contribution in [0.2, 0.25) is 0 Å². The Morgan fingerprint density at radius 1 is 1.33 bits per heavy atom. The summed E-state index contributed by atoms with van der Waals surface area (Å²) >= 11 is 0. The molecule has 0 aliphatic carbocycles. The average molecular weight is 542 g/mol. The van der Waals surface area contributed by atoms with E-state index in [2.05, 4.69) is 17.4 Å². The molecule has 1 saturated heterocycles. The first kappa shape index (κ1) is 27.6. The largest absolute Gasteiger partial charge is 0.486 e. The van der Waals surface area contributed by atoms with Crippen molar-refractivity contribution in [1.82, 2.24) is 9.88 Å². The third-order valence-electron chi connectivity index (χ3n) is 7.85. The van der Waals surface area contributed by atoms with E-state index in [1.807, 2.05) is 24.0 Å². The van der Waals surface area contributed by atoms with Crippen molar-refractivity contribution in [3.05, 3.63) is 46.6 Å². The molecule has 9 heteroatoms. The molecule has 4 heterocycles. The minimum absolute atomic E-state index is 0.0340. The molecule has 212 valence electrons. The number of nitrogens with zero attached hydrogens (tertiary/aromatic N) is 2. The lowest BCUT2D eigenvalue weighted by molar-refractivity contribution is -0.143. The first-order valence-electron chi connectivity index (χ1n) is 14.1. The van der Waals surface area contributed by atoms with Crippen LogP contribution in [0.4, 0.5) is 10.2 Å². The highest BCUT2D eigenvalue weighted by Gasteiger charge is 2.41. The number of aliphatic carboxylic acids is 1. The molecule has 8 nitrogen and oxygen atoms in total. The molecule has 0 amide bonds. The second kappa shape index (κ2) is 11.7. The molecule has 3 aliphatic rings. The highest BCUT2D eigenvalue weighted by atomic mass is 19.1. The van der Waals surface area contributed by atoms with Crippen molar-refractivity contribution >= 4 is 11.8 Å². The number of hydrogen-bond donors (Lipinski definition) is 2. The van der Waals surface area contributed by atoms with Crippen LogP contribution in [0.25, 0.3) is 0 Å². The van der Waals surface area contributed by atoms with Crippen LogP contribution in [0.15, 0.2) is 24.3 Å². The zero-order valence-corrected chi connectivity index (χ0v) is 23.2. The molecule has 0 bridgehead atoms. The minimum Gasteiger partial charge on any atom is -0.486 e. The molecule has 1 aromatic heterocycles. The number of pyridine rings is 1. The van der Waals surface area contributed by atoms with Gasteiger partial charge in [-0.1, -0.05) is 6.07 Å². The molecule has 1 unspecified atom stereocenters. The lowest BCUT2D eigenvalue weighted by atomic mass is 9.98.